The van der Waals surface area contributed by atoms with Crippen LogP contribution in [0.2, 0.25) is 0 Å². The first kappa shape index (κ1) is 19.0. The Bertz CT molecular complexity index is 1230. The third-order valence-electron chi connectivity index (χ3n) is 4.85. The Morgan fingerprint density at radius 3 is 2.69 bits per heavy atom. The molecule has 0 bridgehead atoms. The van der Waals surface area contributed by atoms with E-state index in [4.69, 9.17) is 20.2 Å². The lowest BCUT2D eigenvalue weighted by molar-refractivity contribution is 0.103. The summed E-state index contributed by atoms with van der Waals surface area (Å²) in [5.74, 6) is 0.843. The van der Waals surface area contributed by atoms with Gasteiger partial charge in [0.2, 0.25) is 0 Å². The van der Waals surface area contributed by atoms with E-state index in [0.717, 1.165) is 27.5 Å². The number of ether oxygens (including phenoxy) is 2. The zero-order valence-corrected chi connectivity index (χ0v) is 17.2. The molecule has 0 fully saturated rings. The number of anilines is 2. The second-order valence-electron chi connectivity index (χ2n) is 6.59. The number of nitrogens with two attached hydrogens (primary N) is 1. The first-order chi connectivity index (χ1) is 14.0. The van der Waals surface area contributed by atoms with E-state index in [1.54, 1.807) is 32.4 Å². The summed E-state index contributed by atoms with van der Waals surface area (Å²) in [4.78, 5) is 18.8. The van der Waals surface area contributed by atoms with Gasteiger partial charge in [-0.2, -0.15) is 0 Å². The molecule has 0 saturated carbocycles. The largest absolute Gasteiger partial charge is 0.497 e. The lowest BCUT2D eigenvalue weighted by Gasteiger charge is -2.11. The number of aryl methyl sites for hydroxylation is 1. The summed E-state index contributed by atoms with van der Waals surface area (Å²) in [5.41, 5.74) is 9.40. The highest BCUT2D eigenvalue weighted by molar-refractivity contribution is 7.21. The molecule has 2 aromatic heterocycles. The third kappa shape index (κ3) is 3.45. The number of carbonyl (C=O) groups is 1. The maximum absolute atomic E-state index is 13.0. The quantitative estimate of drug-likeness (QED) is 0.493. The fourth-order valence-corrected chi connectivity index (χ4v) is 4.21. The molecule has 0 spiro atoms. The van der Waals surface area contributed by atoms with Crippen molar-refractivity contribution in [1.82, 2.24) is 4.98 Å². The smallest absolute Gasteiger partial charge is 0.268 e. The van der Waals surface area contributed by atoms with Gasteiger partial charge in [0, 0.05) is 16.8 Å². The molecular weight excluding hydrogens is 386 g/mol. The molecule has 0 saturated heterocycles. The minimum atomic E-state index is -0.310. The van der Waals surface area contributed by atoms with Crippen molar-refractivity contribution in [3.63, 3.8) is 0 Å². The maximum atomic E-state index is 13.0. The molecule has 3 N–H and O–H groups in total. The van der Waals surface area contributed by atoms with Crippen LogP contribution < -0.4 is 20.5 Å². The minimum absolute atomic E-state index is 0.310. The number of rotatable bonds is 5. The van der Waals surface area contributed by atoms with Gasteiger partial charge in [0.05, 0.1) is 31.1 Å². The number of fused-ring (bicyclic) bond motifs is 2. The van der Waals surface area contributed by atoms with Gasteiger partial charge >= 0.3 is 0 Å². The molecule has 29 heavy (non-hydrogen) atoms. The van der Waals surface area contributed by atoms with Crippen LogP contribution >= 0.6 is 11.3 Å². The van der Waals surface area contributed by atoms with Gasteiger partial charge in [-0.05, 0) is 42.3 Å². The van der Waals surface area contributed by atoms with Crippen molar-refractivity contribution < 1.29 is 14.3 Å². The number of methoxy groups -OCH3 is 2. The number of hydrogen-bond donors (Lipinski definition) is 2. The molecule has 0 aliphatic rings. The maximum Gasteiger partial charge on any atom is 0.268 e. The predicted octanol–water partition coefficient (Wildman–Crippen LogP) is 4.86. The third-order valence-corrected chi connectivity index (χ3v) is 5.96. The molecule has 2 aromatic carbocycles. The molecule has 1 amide bonds. The summed E-state index contributed by atoms with van der Waals surface area (Å²) < 4.78 is 10.6. The lowest BCUT2D eigenvalue weighted by atomic mass is 10.1. The highest BCUT2D eigenvalue weighted by atomic mass is 32.1. The summed E-state index contributed by atoms with van der Waals surface area (Å²) in [7, 11) is 3.11. The van der Waals surface area contributed by atoms with Crippen molar-refractivity contribution in [2.45, 2.75) is 13.3 Å². The molecule has 0 unspecified atom stereocenters. The normalized spacial score (nSPS) is 11.0. The summed E-state index contributed by atoms with van der Waals surface area (Å²) in [6.07, 6.45) is 0.948. The summed E-state index contributed by atoms with van der Waals surface area (Å²) in [6.45, 7) is 2.11. The second-order valence-corrected chi connectivity index (χ2v) is 7.59. The topological polar surface area (TPSA) is 86.5 Å². The van der Waals surface area contributed by atoms with Crippen LogP contribution in [0, 0.1) is 0 Å². The number of carbonyl (C=O) groups excluding carboxylic acids is 1. The van der Waals surface area contributed by atoms with Crippen LogP contribution in [-0.2, 0) is 6.42 Å². The Morgan fingerprint density at radius 1 is 1.14 bits per heavy atom. The molecular formula is C22H21N3O3S. The van der Waals surface area contributed by atoms with Gasteiger partial charge < -0.3 is 20.5 Å². The van der Waals surface area contributed by atoms with Crippen molar-refractivity contribution in [1.29, 1.82) is 0 Å². The van der Waals surface area contributed by atoms with Crippen molar-refractivity contribution >= 4 is 49.7 Å². The van der Waals surface area contributed by atoms with Gasteiger partial charge in [-0.15, -0.1) is 11.3 Å². The molecule has 0 aliphatic heterocycles. The summed E-state index contributed by atoms with van der Waals surface area (Å²) >= 11 is 1.28. The number of hydrogen-bond acceptors (Lipinski definition) is 6. The van der Waals surface area contributed by atoms with Crippen LogP contribution in [0.1, 0.15) is 22.2 Å². The number of amides is 1. The van der Waals surface area contributed by atoms with Crippen LogP contribution in [0.5, 0.6) is 11.5 Å². The van der Waals surface area contributed by atoms with E-state index in [9.17, 15) is 4.79 Å². The molecule has 2 heterocycles. The molecule has 7 heteroatoms. The standard InChI is InChI=1S/C22H21N3O3S/c1-4-12-5-7-16-13(9-12)10-15-19(23)20(29-22(15)25-16)21(26)24-17-11-14(27-2)6-8-18(17)28-3/h5-11H,4,23H2,1-3H3,(H,24,26). The Balaban J connectivity index is 1.74. The lowest BCUT2D eigenvalue weighted by Crippen LogP contribution is -2.12. The van der Waals surface area contributed by atoms with E-state index in [1.807, 2.05) is 12.1 Å². The fourth-order valence-electron chi connectivity index (χ4n) is 3.23. The number of nitrogens with one attached hydrogen (secondary N) is 1. The van der Waals surface area contributed by atoms with E-state index in [2.05, 4.69) is 24.4 Å². The minimum Gasteiger partial charge on any atom is -0.497 e. The van der Waals surface area contributed by atoms with Crippen LogP contribution in [0.15, 0.2) is 42.5 Å². The monoisotopic (exact) mass is 407 g/mol. The number of thiophene rings is 1. The van der Waals surface area contributed by atoms with Crippen LogP contribution in [-0.4, -0.2) is 25.1 Å². The number of aromatic nitrogens is 1. The Kier molecular flexibility index (Phi) is 4.98. The van der Waals surface area contributed by atoms with Gasteiger partial charge in [-0.1, -0.05) is 13.0 Å². The van der Waals surface area contributed by atoms with Gasteiger partial charge in [-0.25, -0.2) is 4.98 Å². The van der Waals surface area contributed by atoms with E-state index >= 15 is 0 Å². The average molecular weight is 407 g/mol. The molecule has 0 radical (unpaired) electrons. The summed E-state index contributed by atoms with van der Waals surface area (Å²) in [5, 5.41) is 4.68. The highest BCUT2D eigenvalue weighted by Gasteiger charge is 2.19. The van der Waals surface area contributed by atoms with E-state index in [0.29, 0.717) is 27.8 Å². The van der Waals surface area contributed by atoms with Crippen molar-refractivity contribution in [3.8, 4) is 11.5 Å². The zero-order valence-electron chi connectivity index (χ0n) is 16.4. The average Bonchev–Trinajstić information content (AvgIpc) is 3.07. The fraction of sp³-hybridized carbons (Fsp3) is 0.182. The number of nitrogens with zero attached hydrogens (tertiary/aromatic N) is 1. The van der Waals surface area contributed by atoms with E-state index < -0.39 is 0 Å². The van der Waals surface area contributed by atoms with Crippen molar-refractivity contribution in [2.75, 3.05) is 25.3 Å². The van der Waals surface area contributed by atoms with Gasteiger partial charge in [0.1, 0.15) is 21.2 Å². The van der Waals surface area contributed by atoms with Gasteiger partial charge in [0.15, 0.2) is 0 Å². The highest BCUT2D eigenvalue weighted by Crippen LogP contribution is 2.36. The van der Waals surface area contributed by atoms with Crippen LogP contribution in [0.25, 0.3) is 21.1 Å². The zero-order chi connectivity index (χ0) is 20.5. The van der Waals surface area contributed by atoms with Crippen molar-refractivity contribution in [3.05, 3.63) is 52.9 Å². The number of pyridine rings is 1. The second kappa shape index (κ2) is 7.60. The molecule has 148 valence electrons. The molecule has 4 aromatic rings. The predicted molar refractivity (Wildman–Crippen MR) is 118 cm³/mol. The van der Waals surface area contributed by atoms with E-state index in [-0.39, 0.29) is 5.91 Å². The first-order valence-electron chi connectivity index (χ1n) is 9.19. The van der Waals surface area contributed by atoms with E-state index in [1.165, 1.54) is 16.9 Å². The number of benzene rings is 2. The van der Waals surface area contributed by atoms with Gasteiger partial charge in [0.25, 0.3) is 5.91 Å². The van der Waals surface area contributed by atoms with Gasteiger partial charge in [-0.3, -0.25) is 4.79 Å². The molecule has 0 aliphatic carbocycles. The van der Waals surface area contributed by atoms with Crippen molar-refractivity contribution in [2.24, 2.45) is 0 Å². The van der Waals surface area contributed by atoms with Crippen LogP contribution in [0.3, 0.4) is 0 Å². The Morgan fingerprint density at radius 2 is 1.97 bits per heavy atom. The molecule has 6 nitrogen and oxygen atoms in total. The SMILES string of the molecule is CCc1ccc2nc3sc(C(=O)Nc4cc(OC)ccc4OC)c(N)c3cc2c1. The molecule has 0 atom stereocenters. The first-order valence-corrected chi connectivity index (χ1v) is 10.0. The molecule has 4 rings (SSSR count). The Hall–Kier alpha value is -3.32. The van der Waals surface area contributed by atoms with Crippen LogP contribution in [0.4, 0.5) is 11.4 Å². The Labute approximate surface area is 172 Å². The number of nitrogen functional groups attached to an aromatic ring is 1. The summed E-state index contributed by atoms with van der Waals surface area (Å²) in [6, 6.07) is 13.4.